The number of amides is 1. The standard InChI is InChI=1S/C9H16N2O/c1-3-8(2)11-7-5-4-6-9(10)12/h1,8,11H,4-7H2,2H3,(H2,10,12). The van der Waals surface area contributed by atoms with Crippen LogP contribution in [0.2, 0.25) is 0 Å². The molecule has 0 saturated heterocycles. The maximum absolute atomic E-state index is 10.3. The molecule has 0 aliphatic rings. The zero-order valence-electron chi connectivity index (χ0n) is 7.47. The van der Waals surface area contributed by atoms with Crippen LogP contribution in [0.25, 0.3) is 0 Å². The lowest BCUT2D eigenvalue weighted by Gasteiger charge is -2.05. The van der Waals surface area contributed by atoms with Gasteiger partial charge >= 0.3 is 0 Å². The molecule has 0 aliphatic heterocycles. The summed E-state index contributed by atoms with van der Waals surface area (Å²) in [5.74, 6) is 2.33. The number of nitrogens with one attached hydrogen (secondary N) is 1. The van der Waals surface area contributed by atoms with E-state index in [9.17, 15) is 4.79 Å². The molecule has 0 saturated carbocycles. The molecule has 12 heavy (non-hydrogen) atoms. The minimum atomic E-state index is -0.236. The highest BCUT2D eigenvalue weighted by atomic mass is 16.1. The maximum Gasteiger partial charge on any atom is 0.217 e. The van der Waals surface area contributed by atoms with Gasteiger partial charge in [-0.3, -0.25) is 4.79 Å². The first-order valence-electron chi connectivity index (χ1n) is 4.14. The fourth-order valence-electron chi connectivity index (χ4n) is 0.802. The Kier molecular flexibility index (Phi) is 6.12. The minimum absolute atomic E-state index is 0.110. The summed E-state index contributed by atoms with van der Waals surface area (Å²) in [5, 5.41) is 3.12. The summed E-state index contributed by atoms with van der Waals surface area (Å²) in [6.07, 6.45) is 7.39. The van der Waals surface area contributed by atoms with Gasteiger partial charge in [-0.1, -0.05) is 5.92 Å². The van der Waals surface area contributed by atoms with Crippen LogP contribution in [0.3, 0.4) is 0 Å². The van der Waals surface area contributed by atoms with Gasteiger partial charge < -0.3 is 11.1 Å². The Morgan fingerprint density at radius 1 is 1.67 bits per heavy atom. The molecule has 3 heteroatoms. The first-order valence-corrected chi connectivity index (χ1v) is 4.14. The van der Waals surface area contributed by atoms with Crippen molar-refractivity contribution < 1.29 is 4.79 Å². The number of unbranched alkanes of at least 4 members (excludes halogenated alkanes) is 1. The average Bonchev–Trinajstić information content (AvgIpc) is 2.03. The topological polar surface area (TPSA) is 55.1 Å². The van der Waals surface area contributed by atoms with Gasteiger partial charge in [0.25, 0.3) is 0 Å². The molecule has 68 valence electrons. The van der Waals surface area contributed by atoms with Crippen molar-refractivity contribution >= 4 is 5.91 Å². The largest absolute Gasteiger partial charge is 0.370 e. The molecular weight excluding hydrogens is 152 g/mol. The summed E-state index contributed by atoms with van der Waals surface area (Å²) >= 11 is 0. The third-order valence-electron chi connectivity index (χ3n) is 1.55. The fourth-order valence-corrected chi connectivity index (χ4v) is 0.802. The van der Waals surface area contributed by atoms with Crippen LogP contribution in [-0.2, 0) is 4.79 Å². The molecule has 0 aromatic rings. The van der Waals surface area contributed by atoms with Crippen LogP contribution in [0, 0.1) is 12.3 Å². The second-order valence-electron chi connectivity index (χ2n) is 2.77. The van der Waals surface area contributed by atoms with E-state index in [0.717, 1.165) is 19.4 Å². The lowest BCUT2D eigenvalue weighted by Crippen LogP contribution is -2.25. The number of carbonyl (C=O) groups is 1. The monoisotopic (exact) mass is 168 g/mol. The van der Waals surface area contributed by atoms with Crippen molar-refractivity contribution in [3.05, 3.63) is 0 Å². The Morgan fingerprint density at radius 3 is 2.83 bits per heavy atom. The van der Waals surface area contributed by atoms with E-state index in [-0.39, 0.29) is 11.9 Å². The van der Waals surface area contributed by atoms with Crippen LogP contribution in [-0.4, -0.2) is 18.5 Å². The van der Waals surface area contributed by atoms with Crippen LogP contribution in [0.1, 0.15) is 26.2 Å². The molecule has 3 nitrogen and oxygen atoms in total. The third-order valence-corrected chi connectivity index (χ3v) is 1.55. The lowest BCUT2D eigenvalue weighted by atomic mass is 10.2. The number of hydrogen-bond donors (Lipinski definition) is 2. The van der Waals surface area contributed by atoms with E-state index in [1.165, 1.54) is 0 Å². The lowest BCUT2D eigenvalue weighted by molar-refractivity contribution is -0.118. The van der Waals surface area contributed by atoms with Crippen LogP contribution in [0.15, 0.2) is 0 Å². The summed E-state index contributed by atoms with van der Waals surface area (Å²) in [6.45, 7) is 2.77. The Bertz CT molecular complexity index is 172. The van der Waals surface area contributed by atoms with Crippen molar-refractivity contribution in [3.63, 3.8) is 0 Å². The predicted octanol–water partition coefficient (Wildman–Crippen LogP) is 0.253. The van der Waals surface area contributed by atoms with Gasteiger partial charge in [0.1, 0.15) is 0 Å². The molecule has 0 radical (unpaired) electrons. The van der Waals surface area contributed by atoms with Gasteiger partial charge in [0.2, 0.25) is 5.91 Å². The molecule has 0 aliphatic carbocycles. The number of terminal acetylenes is 1. The zero-order chi connectivity index (χ0) is 9.40. The summed E-state index contributed by atoms with van der Waals surface area (Å²) in [4.78, 5) is 10.3. The second-order valence-corrected chi connectivity index (χ2v) is 2.77. The molecule has 0 fully saturated rings. The van der Waals surface area contributed by atoms with Crippen LogP contribution < -0.4 is 11.1 Å². The van der Waals surface area contributed by atoms with Crippen molar-refractivity contribution in [2.45, 2.75) is 32.2 Å². The Balaban J connectivity index is 3.12. The second kappa shape index (κ2) is 6.68. The molecule has 0 heterocycles. The molecule has 0 spiro atoms. The van der Waals surface area contributed by atoms with Gasteiger partial charge in [-0.15, -0.1) is 6.42 Å². The van der Waals surface area contributed by atoms with E-state index in [4.69, 9.17) is 12.2 Å². The predicted molar refractivity (Wildman–Crippen MR) is 49.3 cm³/mol. The van der Waals surface area contributed by atoms with Gasteiger partial charge in [-0.05, 0) is 26.3 Å². The fraction of sp³-hybridized carbons (Fsp3) is 0.667. The van der Waals surface area contributed by atoms with Crippen LogP contribution >= 0.6 is 0 Å². The number of nitrogens with two attached hydrogens (primary N) is 1. The highest BCUT2D eigenvalue weighted by Crippen LogP contribution is 1.92. The molecule has 0 bridgehead atoms. The quantitative estimate of drug-likeness (QED) is 0.441. The Hall–Kier alpha value is -1.01. The van der Waals surface area contributed by atoms with E-state index in [1.54, 1.807) is 0 Å². The van der Waals surface area contributed by atoms with E-state index >= 15 is 0 Å². The Morgan fingerprint density at radius 2 is 2.33 bits per heavy atom. The normalized spacial score (nSPS) is 12.0. The van der Waals surface area contributed by atoms with Gasteiger partial charge in [0.05, 0.1) is 6.04 Å². The minimum Gasteiger partial charge on any atom is -0.370 e. The van der Waals surface area contributed by atoms with Crippen molar-refractivity contribution in [2.75, 3.05) is 6.54 Å². The molecule has 0 aromatic heterocycles. The molecule has 3 N–H and O–H groups in total. The highest BCUT2D eigenvalue weighted by Gasteiger charge is 1.96. The summed E-state index contributed by atoms with van der Waals surface area (Å²) in [7, 11) is 0. The zero-order valence-corrected chi connectivity index (χ0v) is 7.47. The van der Waals surface area contributed by atoms with Gasteiger partial charge in [0.15, 0.2) is 0 Å². The van der Waals surface area contributed by atoms with E-state index in [1.807, 2.05) is 6.92 Å². The van der Waals surface area contributed by atoms with Gasteiger partial charge in [0, 0.05) is 6.42 Å². The van der Waals surface area contributed by atoms with Gasteiger partial charge in [-0.25, -0.2) is 0 Å². The summed E-state index contributed by atoms with van der Waals surface area (Å²) < 4.78 is 0. The number of primary amides is 1. The highest BCUT2D eigenvalue weighted by molar-refractivity contribution is 5.73. The Labute approximate surface area is 73.7 Å². The number of hydrogen-bond acceptors (Lipinski definition) is 2. The van der Waals surface area contributed by atoms with Crippen molar-refractivity contribution in [1.29, 1.82) is 0 Å². The first kappa shape index (κ1) is 11.0. The van der Waals surface area contributed by atoms with E-state index in [0.29, 0.717) is 6.42 Å². The molecule has 0 aromatic carbocycles. The van der Waals surface area contributed by atoms with Crippen molar-refractivity contribution in [2.24, 2.45) is 5.73 Å². The summed E-state index contributed by atoms with van der Waals surface area (Å²) in [5.41, 5.74) is 4.97. The molecule has 1 atom stereocenters. The molecule has 1 unspecified atom stereocenters. The number of carbonyl (C=O) groups excluding carboxylic acids is 1. The van der Waals surface area contributed by atoms with Crippen LogP contribution in [0.4, 0.5) is 0 Å². The SMILES string of the molecule is C#CC(C)NCCCCC(N)=O. The third kappa shape index (κ3) is 7.10. The molecular formula is C9H16N2O. The number of rotatable bonds is 6. The average molecular weight is 168 g/mol. The van der Waals surface area contributed by atoms with Crippen molar-refractivity contribution in [1.82, 2.24) is 5.32 Å². The smallest absolute Gasteiger partial charge is 0.217 e. The molecule has 1 amide bonds. The van der Waals surface area contributed by atoms with Crippen molar-refractivity contribution in [3.8, 4) is 12.3 Å². The van der Waals surface area contributed by atoms with Crippen LogP contribution in [0.5, 0.6) is 0 Å². The van der Waals surface area contributed by atoms with E-state index in [2.05, 4.69) is 11.2 Å². The first-order chi connectivity index (χ1) is 5.66. The van der Waals surface area contributed by atoms with Gasteiger partial charge in [-0.2, -0.15) is 0 Å². The molecule has 0 rings (SSSR count). The van der Waals surface area contributed by atoms with E-state index < -0.39 is 0 Å². The summed E-state index contributed by atoms with van der Waals surface area (Å²) in [6, 6.07) is 0.110. The maximum atomic E-state index is 10.3.